The Bertz CT molecular complexity index is 354. The van der Waals surface area contributed by atoms with Crippen molar-refractivity contribution in [2.45, 2.75) is 39.2 Å². The Morgan fingerprint density at radius 1 is 1.41 bits per heavy atom. The maximum absolute atomic E-state index is 6.24. The molecular formula is C14H22BrNO. The molecule has 0 aliphatic rings. The van der Waals surface area contributed by atoms with Crippen LogP contribution in [0.3, 0.4) is 0 Å². The highest BCUT2D eigenvalue weighted by atomic mass is 79.9. The molecule has 0 radical (unpaired) electrons. The third-order valence-electron chi connectivity index (χ3n) is 3.17. The van der Waals surface area contributed by atoms with Gasteiger partial charge in [0.1, 0.15) is 5.75 Å². The molecule has 0 aliphatic heterocycles. The highest BCUT2D eigenvalue weighted by Gasteiger charge is 2.15. The molecule has 1 aromatic carbocycles. The number of methoxy groups -OCH3 is 1. The summed E-state index contributed by atoms with van der Waals surface area (Å²) < 4.78 is 6.44. The van der Waals surface area contributed by atoms with E-state index in [1.54, 1.807) is 7.11 Å². The first-order valence-corrected chi connectivity index (χ1v) is 6.95. The topological polar surface area (TPSA) is 35.2 Å². The lowest BCUT2D eigenvalue weighted by atomic mass is 9.92. The molecule has 2 unspecified atom stereocenters. The van der Waals surface area contributed by atoms with Crippen LogP contribution in [0.4, 0.5) is 0 Å². The normalized spacial score (nSPS) is 14.4. The molecule has 0 spiro atoms. The number of hydrogen-bond donors (Lipinski definition) is 1. The number of halogens is 1. The van der Waals surface area contributed by atoms with Crippen LogP contribution < -0.4 is 10.5 Å². The Morgan fingerprint density at radius 2 is 2.12 bits per heavy atom. The zero-order chi connectivity index (χ0) is 12.8. The largest absolute Gasteiger partial charge is 0.496 e. The predicted molar refractivity (Wildman–Crippen MR) is 76.4 cm³/mol. The third-order valence-corrected chi connectivity index (χ3v) is 3.67. The zero-order valence-corrected chi connectivity index (χ0v) is 12.5. The first-order chi connectivity index (χ1) is 8.08. The Balaban J connectivity index is 2.76. The average molecular weight is 300 g/mol. The van der Waals surface area contributed by atoms with Crippen LogP contribution in [-0.2, 0) is 6.42 Å². The van der Waals surface area contributed by atoms with Crippen molar-refractivity contribution in [2.75, 3.05) is 7.11 Å². The van der Waals surface area contributed by atoms with Gasteiger partial charge in [0.25, 0.3) is 0 Å². The van der Waals surface area contributed by atoms with Crippen LogP contribution >= 0.6 is 15.9 Å². The van der Waals surface area contributed by atoms with E-state index in [0.717, 1.165) is 16.6 Å². The summed E-state index contributed by atoms with van der Waals surface area (Å²) in [6, 6.07) is 6.26. The molecule has 0 amide bonds. The van der Waals surface area contributed by atoms with E-state index in [1.165, 1.54) is 18.4 Å². The lowest BCUT2D eigenvalue weighted by molar-refractivity contribution is 0.392. The van der Waals surface area contributed by atoms with Gasteiger partial charge in [-0.1, -0.05) is 36.2 Å². The summed E-state index contributed by atoms with van der Waals surface area (Å²) in [6.45, 7) is 4.42. The lowest BCUT2D eigenvalue weighted by Crippen LogP contribution is -2.30. The van der Waals surface area contributed by atoms with Gasteiger partial charge in [0.05, 0.1) is 7.11 Å². The first-order valence-electron chi connectivity index (χ1n) is 6.16. The molecular weight excluding hydrogens is 278 g/mol. The molecule has 0 saturated heterocycles. The van der Waals surface area contributed by atoms with E-state index in [2.05, 4.69) is 35.8 Å². The zero-order valence-electron chi connectivity index (χ0n) is 10.9. The van der Waals surface area contributed by atoms with Gasteiger partial charge >= 0.3 is 0 Å². The maximum atomic E-state index is 6.24. The molecule has 0 saturated carbocycles. The van der Waals surface area contributed by atoms with Crippen molar-refractivity contribution in [3.05, 3.63) is 28.2 Å². The van der Waals surface area contributed by atoms with Gasteiger partial charge in [0.15, 0.2) is 0 Å². The third kappa shape index (κ3) is 4.32. The molecule has 1 rings (SSSR count). The van der Waals surface area contributed by atoms with Crippen molar-refractivity contribution in [3.8, 4) is 5.75 Å². The van der Waals surface area contributed by atoms with Crippen molar-refractivity contribution < 1.29 is 4.74 Å². The molecule has 2 nitrogen and oxygen atoms in total. The molecule has 0 heterocycles. The molecule has 0 bridgehead atoms. The van der Waals surface area contributed by atoms with E-state index in [0.29, 0.717) is 5.92 Å². The summed E-state index contributed by atoms with van der Waals surface area (Å²) in [7, 11) is 1.70. The number of nitrogens with two attached hydrogens (primary N) is 1. The van der Waals surface area contributed by atoms with E-state index in [-0.39, 0.29) is 6.04 Å². The van der Waals surface area contributed by atoms with Crippen molar-refractivity contribution in [2.24, 2.45) is 11.7 Å². The highest BCUT2D eigenvalue weighted by molar-refractivity contribution is 9.10. The Labute approximate surface area is 113 Å². The maximum Gasteiger partial charge on any atom is 0.122 e. The fourth-order valence-corrected chi connectivity index (χ4v) is 2.44. The van der Waals surface area contributed by atoms with Gasteiger partial charge in [-0.2, -0.15) is 0 Å². The minimum absolute atomic E-state index is 0.193. The molecule has 2 N–H and O–H groups in total. The van der Waals surface area contributed by atoms with E-state index in [9.17, 15) is 0 Å². The van der Waals surface area contributed by atoms with Crippen molar-refractivity contribution in [1.82, 2.24) is 0 Å². The number of ether oxygens (including phenoxy) is 1. The van der Waals surface area contributed by atoms with Crippen molar-refractivity contribution in [3.63, 3.8) is 0 Å². The molecule has 0 aliphatic carbocycles. The van der Waals surface area contributed by atoms with E-state index < -0.39 is 0 Å². The Morgan fingerprint density at radius 3 is 2.71 bits per heavy atom. The minimum atomic E-state index is 0.193. The van der Waals surface area contributed by atoms with Crippen LogP contribution in [0.1, 0.15) is 32.3 Å². The van der Waals surface area contributed by atoms with Crippen LogP contribution in [0.2, 0.25) is 0 Å². The SMILES string of the molecule is CCCC(C)C(N)Cc1cc(Br)ccc1OC. The number of benzene rings is 1. The highest BCUT2D eigenvalue weighted by Crippen LogP contribution is 2.25. The van der Waals surface area contributed by atoms with Gasteiger partial charge < -0.3 is 10.5 Å². The smallest absolute Gasteiger partial charge is 0.122 e. The minimum Gasteiger partial charge on any atom is -0.496 e. The van der Waals surface area contributed by atoms with Crippen molar-refractivity contribution >= 4 is 15.9 Å². The fourth-order valence-electron chi connectivity index (χ4n) is 2.03. The van der Waals surface area contributed by atoms with Gasteiger partial charge in [-0.05, 0) is 42.5 Å². The van der Waals surface area contributed by atoms with Crippen LogP contribution in [0.15, 0.2) is 22.7 Å². The van der Waals surface area contributed by atoms with Gasteiger partial charge in [-0.3, -0.25) is 0 Å². The molecule has 0 aromatic heterocycles. The standard InChI is InChI=1S/C14H22BrNO/c1-4-5-10(2)13(16)9-11-8-12(15)6-7-14(11)17-3/h6-8,10,13H,4-5,9,16H2,1-3H3. The van der Waals surface area contributed by atoms with E-state index in [4.69, 9.17) is 10.5 Å². The summed E-state index contributed by atoms with van der Waals surface area (Å²) in [5.74, 6) is 1.47. The van der Waals surface area contributed by atoms with Gasteiger partial charge in [-0.15, -0.1) is 0 Å². The average Bonchev–Trinajstić information content (AvgIpc) is 2.29. The summed E-state index contributed by atoms with van der Waals surface area (Å²) in [5, 5.41) is 0. The van der Waals surface area contributed by atoms with Crippen LogP contribution in [0, 0.1) is 5.92 Å². The van der Waals surface area contributed by atoms with E-state index >= 15 is 0 Å². The van der Waals surface area contributed by atoms with Crippen molar-refractivity contribution in [1.29, 1.82) is 0 Å². The Kier molecular flexibility index (Phi) is 6.00. The second-order valence-corrected chi connectivity index (χ2v) is 5.51. The summed E-state index contributed by atoms with van der Waals surface area (Å²) in [4.78, 5) is 0. The predicted octanol–water partition coefficient (Wildman–Crippen LogP) is 3.76. The molecule has 17 heavy (non-hydrogen) atoms. The quantitative estimate of drug-likeness (QED) is 0.868. The summed E-state index contributed by atoms with van der Waals surface area (Å²) in [6.07, 6.45) is 3.23. The molecule has 1 aromatic rings. The number of hydrogen-bond acceptors (Lipinski definition) is 2. The lowest BCUT2D eigenvalue weighted by Gasteiger charge is -2.20. The Hall–Kier alpha value is -0.540. The van der Waals surface area contributed by atoms with Gasteiger partial charge in [0, 0.05) is 10.5 Å². The monoisotopic (exact) mass is 299 g/mol. The van der Waals surface area contributed by atoms with Gasteiger partial charge in [-0.25, -0.2) is 0 Å². The first kappa shape index (κ1) is 14.5. The molecule has 2 atom stereocenters. The second kappa shape index (κ2) is 7.02. The van der Waals surface area contributed by atoms with Crippen LogP contribution in [0.5, 0.6) is 5.75 Å². The van der Waals surface area contributed by atoms with Gasteiger partial charge in [0.2, 0.25) is 0 Å². The van der Waals surface area contributed by atoms with E-state index in [1.807, 2.05) is 12.1 Å². The summed E-state index contributed by atoms with van der Waals surface area (Å²) >= 11 is 3.49. The number of rotatable bonds is 6. The molecule has 0 fully saturated rings. The molecule has 96 valence electrons. The van der Waals surface area contributed by atoms with Crippen LogP contribution in [0.25, 0.3) is 0 Å². The second-order valence-electron chi connectivity index (χ2n) is 4.59. The summed E-state index contributed by atoms with van der Waals surface area (Å²) in [5.41, 5.74) is 7.42. The fraction of sp³-hybridized carbons (Fsp3) is 0.571. The molecule has 3 heteroatoms. The van der Waals surface area contributed by atoms with Crippen LogP contribution in [-0.4, -0.2) is 13.2 Å².